The van der Waals surface area contributed by atoms with Crippen LogP contribution in [0.2, 0.25) is 0 Å². The predicted octanol–water partition coefficient (Wildman–Crippen LogP) is 11.8. The van der Waals surface area contributed by atoms with Gasteiger partial charge in [-0.2, -0.15) is 0 Å². The average Bonchev–Trinajstić information content (AvgIpc) is 3.63. The molecule has 0 saturated carbocycles. The lowest BCUT2D eigenvalue weighted by molar-refractivity contribution is 1.07. The van der Waals surface area contributed by atoms with Crippen LogP contribution in [0, 0.1) is 5.41 Å². The van der Waals surface area contributed by atoms with Crippen molar-refractivity contribution in [1.82, 2.24) is 19.9 Å². The fourth-order valence-corrected chi connectivity index (χ4v) is 8.70. The van der Waals surface area contributed by atoms with Crippen molar-refractivity contribution in [3.05, 3.63) is 163 Å². The molecule has 0 radical (unpaired) electrons. The number of hydrogen-bond donors (Lipinski definition) is 2. The topological polar surface area (TPSA) is 87.8 Å². The summed E-state index contributed by atoms with van der Waals surface area (Å²) in [6, 6.07) is 49.8. The Balaban J connectivity index is 1.05. The minimum absolute atomic E-state index is 0.318. The molecule has 0 bridgehead atoms. The maximum atomic E-state index is 8.50. The third-order valence-electron chi connectivity index (χ3n) is 9.88. The Labute approximate surface area is 320 Å². The first kappa shape index (κ1) is 32.1. The van der Waals surface area contributed by atoms with Crippen LogP contribution in [0.1, 0.15) is 11.1 Å². The van der Waals surface area contributed by atoms with Crippen LogP contribution in [0.25, 0.3) is 93.7 Å². The van der Waals surface area contributed by atoms with E-state index in [-0.39, 0.29) is 0 Å². The summed E-state index contributed by atoms with van der Waals surface area (Å²) < 4.78 is 6.78. The zero-order valence-corrected chi connectivity index (χ0v) is 30.3. The molecular formula is C46H28N6S2. The minimum Gasteiger partial charge on any atom is -0.299 e. The summed E-state index contributed by atoms with van der Waals surface area (Å²) in [7, 11) is 0. The molecule has 1 N–H and O–H groups in total. The summed E-state index contributed by atoms with van der Waals surface area (Å²) in [4.78, 5) is 20.0. The van der Waals surface area contributed by atoms with Crippen LogP contribution >= 0.6 is 24.2 Å². The number of para-hydroxylation sites is 1. The SMILES string of the molecule is N=C1C=Cc2c(-c3ccc(-c4nc(-c5ccccc5)nc(-c5ccc(-c6cccc7c6sc6ccccc67)cc5)n4)cc3)nc3ccccc3c2C1=NS. The van der Waals surface area contributed by atoms with E-state index in [0.717, 1.165) is 55.5 Å². The zero-order chi connectivity index (χ0) is 36.2. The summed E-state index contributed by atoms with van der Waals surface area (Å²) in [5.74, 6) is 1.79. The van der Waals surface area contributed by atoms with E-state index in [1.165, 1.54) is 25.7 Å². The van der Waals surface area contributed by atoms with Crippen LogP contribution in [0.3, 0.4) is 0 Å². The van der Waals surface area contributed by atoms with Crippen LogP contribution in [0.15, 0.2) is 156 Å². The lowest BCUT2D eigenvalue weighted by atomic mass is 9.88. The molecule has 10 rings (SSSR count). The molecule has 6 aromatic carbocycles. The smallest absolute Gasteiger partial charge is 0.164 e. The molecule has 0 atom stereocenters. The van der Waals surface area contributed by atoms with Crippen molar-refractivity contribution in [2.75, 3.05) is 0 Å². The summed E-state index contributed by atoms with van der Waals surface area (Å²) in [5.41, 5.74) is 10.2. The molecule has 3 aromatic heterocycles. The maximum Gasteiger partial charge on any atom is 0.164 e. The molecule has 0 aliphatic heterocycles. The fraction of sp³-hybridized carbons (Fsp3) is 0. The number of hydrogen-bond acceptors (Lipinski definition) is 8. The second-order valence-electron chi connectivity index (χ2n) is 13.1. The normalized spacial score (nSPS) is 13.3. The van der Waals surface area contributed by atoms with Gasteiger partial charge in [-0.25, -0.2) is 24.3 Å². The van der Waals surface area contributed by atoms with E-state index in [0.29, 0.717) is 28.9 Å². The van der Waals surface area contributed by atoms with E-state index in [2.05, 4.69) is 83.9 Å². The highest BCUT2D eigenvalue weighted by molar-refractivity contribution is 7.79. The van der Waals surface area contributed by atoms with Crippen molar-refractivity contribution in [2.45, 2.75) is 0 Å². The van der Waals surface area contributed by atoms with Gasteiger partial charge in [0.2, 0.25) is 0 Å². The number of aromatic nitrogens is 4. The summed E-state index contributed by atoms with van der Waals surface area (Å²) in [6.07, 6.45) is 3.70. The van der Waals surface area contributed by atoms with E-state index < -0.39 is 0 Å². The Bertz CT molecular complexity index is 3000. The Morgan fingerprint density at radius 3 is 1.78 bits per heavy atom. The Morgan fingerprint density at radius 2 is 1.07 bits per heavy atom. The zero-order valence-electron chi connectivity index (χ0n) is 28.6. The van der Waals surface area contributed by atoms with Crippen molar-refractivity contribution >= 4 is 72.7 Å². The highest BCUT2D eigenvalue weighted by atomic mass is 32.1. The molecule has 1 aliphatic rings. The molecule has 6 nitrogen and oxygen atoms in total. The van der Waals surface area contributed by atoms with Crippen LogP contribution in [0.5, 0.6) is 0 Å². The van der Waals surface area contributed by atoms with Gasteiger partial charge in [-0.3, -0.25) is 5.41 Å². The number of thiol groups is 1. The fourth-order valence-electron chi connectivity index (χ4n) is 7.25. The highest BCUT2D eigenvalue weighted by Crippen LogP contribution is 2.40. The highest BCUT2D eigenvalue weighted by Gasteiger charge is 2.24. The molecule has 0 saturated heterocycles. The quantitative estimate of drug-likeness (QED) is 0.173. The molecule has 254 valence electrons. The number of pyridine rings is 1. The summed E-state index contributed by atoms with van der Waals surface area (Å²) in [6.45, 7) is 0. The van der Waals surface area contributed by atoms with E-state index in [1.54, 1.807) is 6.08 Å². The molecule has 1 aliphatic carbocycles. The standard InChI is InChI=1S/C46H28N6S2/c47-37-26-25-36-40(42(37)52-53)35-12-4-6-15-38(35)48-41(36)28-19-23-31(24-20-28)46-50-44(29-9-2-1-3-10-29)49-45(51-46)30-21-17-27(18-22-30)32-13-8-14-34-33-11-5-7-16-39(33)54-43(32)34/h1-26,47,53H. The number of allylic oxidation sites excluding steroid dienone is 1. The molecule has 3 heterocycles. The molecule has 0 spiro atoms. The number of nitrogens with one attached hydrogen (secondary N) is 1. The second-order valence-corrected chi connectivity index (χ2v) is 14.3. The number of thiophene rings is 1. The number of fused-ring (bicyclic) bond motifs is 6. The first-order chi connectivity index (χ1) is 26.6. The van der Waals surface area contributed by atoms with Crippen LogP contribution in [0.4, 0.5) is 0 Å². The van der Waals surface area contributed by atoms with Crippen molar-refractivity contribution < 1.29 is 0 Å². The van der Waals surface area contributed by atoms with Crippen LogP contribution < -0.4 is 0 Å². The molecule has 54 heavy (non-hydrogen) atoms. The lowest BCUT2D eigenvalue weighted by Gasteiger charge is -2.19. The van der Waals surface area contributed by atoms with Gasteiger partial charge in [-0.15, -0.1) is 11.3 Å². The molecule has 0 amide bonds. The van der Waals surface area contributed by atoms with Crippen molar-refractivity contribution in [3.8, 4) is 56.5 Å². The first-order valence-corrected chi connectivity index (χ1v) is 18.7. The monoisotopic (exact) mass is 728 g/mol. The van der Waals surface area contributed by atoms with Crippen molar-refractivity contribution in [2.24, 2.45) is 4.40 Å². The first-order valence-electron chi connectivity index (χ1n) is 17.5. The van der Waals surface area contributed by atoms with Crippen LogP contribution in [-0.4, -0.2) is 31.4 Å². The number of nitrogens with zero attached hydrogens (tertiary/aromatic N) is 5. The lowest BCUT2D eigenvalue weighted by Crippen LogP contribution is -2.18. The van der Waals surface area contributed by atoms with Crippen molar-refractivity contribution in [1.29, 1.82) is 5.41 Å². The molecule has 9 aromatic rings. The molecular weight excluding hydrogens is 701 g/mol. The van der Waals surface area contributed by atoms with Gasteiger partial charge in [0.15, 0.2) is 17.5 Å². The van der Waals surface area contributed by atoms with E-state index in [1.807, 2.05) is 96.3 Å². The van der Waals surface area contributed by atoms with Gasteiger partial charge >= 0.3 is 0 Å². The van der Waals surface area contributed by atoms with Gasteiger partial charge < -0.3 is 0 Å². The van der Waals surface area contributed by atoms with E-state index >= 15 is 0 Å². The third kappa shape index (κ3) is 5.43. The van der Waals surface area contributed by atoms with Gasteiger partial charge in [0, 0.05) is 58.9 Å². The maximum absolute atomic E-state index is 8.50. The summed E-state index contributed by atoms with van der Waals surface area (Å²) in [5, 5.41) is 12.0. The van der Waals surface area contributed by atoms with Gasteiger partial charge in [-0.05, 0) is 48.2 Å². The minimum atomic E-state index is 0.318. The third-order valence-corrected chi connectivity index (χ3v) is 11.3. The van der Waals surface area contributed by atoms with Gasteiger partial charge in [0.05, 0.1) is 16.9 Å². The van der Waals surface area contributed by atoms with E-state index in [9.17, 15) is 0 Å². The largest absolute Gasteiger partial charge is 0.299 e. The Kier molecular flexibility index (Phi) is 7.79. The average molecular weight is 729 g/mol. The van der Waals surface area contributed by atoms with Gasteiger partial charge in [0.1, 0.15) is 5.71 Å². The van der Waals surface area contributed by atoms with E-state index in [4.69, 9.17) is 25.3 Å². The Hall–Kier alpha value is -6.61. The Morgan fingerprint density at radius 1 is 0.500 bits per heavy atom. The summed E-state index contributed by atoms with van der Waals surface area (Å²) >= 11 is 6.07. The molecule has 0 unspecified atom stereocenters. The van der Waals surface area contributed by atoms with Crippen LogP contribution in [-0.2, 0) is 0 Å². The molecule has 8 heteroatoms. The number of benzene rings is 6. The van der Waals surface area contributed by atoms with Gasteiger partial charge in [-0.1, -0.05) is 133 Å². The van der Waals surface area contributed by atoms with Gasteiger partial charge in [0.25, 0.3) is 0 Å². The second kappa shape index (κ2) is 13.1. The molecule has 0 fully saturated rings. The number of rotatable bonds is 5. The van der Waals surface area contributed by atoms with Crippen molar-refractivity contribution in [3.63, 3.8) is 0 Å². The predicted molar refractivity (Wildman–Crippen MR) is 227 cm³/mol.